The van der Waals surface area contributed by atoms with Crippen LogP contribution in [0.25, 0.3) is 0 Å². The van der Waals surface area contributed by atoms with Crippen LogP contribution in [0.1, 0.15) is 45.2 Å². The molecular formula is C18H26N2O3. The number of hydrogen-bond donors (Lipinski definition) is 0. The standard InChI is InChI=1S/C18H26N2O3/c1-18(2,3)23-17(22)20-14(13-9-7-6-8-10-13)11-12-15(20)16(21)19(4)5/h6-10,14-15H,11-12H2,1-5H3. The van der Waals surface area contributed by atoms with Crippen molar-refractivity contribution in [2.75, 3.05) is 14.1 Å². The van der Waals surface area contributed by atoms with Crippen LogP contribution >= 0.6 is 0 Å². The van der Waals surface area contributed by atoms with E-state index in [1.54, 1.807) is 19.0 Å². The Balaban J connectivity index is 2.32. The van der Waals surface area contributed by atoms with Gasteiger partial charge in [0.05, 0.1) is 6.04 Å². The van der Waals surface area contributed by atoms with Crippen LogP contribution in [-0.4, -0.2) is 47.5 Å². The van der Waals surface area contributed by atoms with Gasteiger partial charge in [0.15, 0.2) is 0 Å². The van der Waals surface area contributed by atoms with Crippen LogP contribution in [0.15, 0.2) is 30.3 Å². The van der Waals surface area contributed by atoms with E-state index < -0.39 is 17.7 Å². The summed E-state index contributed by atoms with van der Waals surface area (Å²) in [7, 11) is 3.43. The molecule has 126 valence electrons. The maximum Gasteiger partial charge on any atom is 0.411 e. The van der Waals surface area contributed by atoms with E-state index in [0.29, 0.717) is 6.42 Å². The quantitative estimate of drug-likeness (QED) is 0.841. The largest absolute Gasteiger partial charge is 0.444 e. The van der Waals surface area contributed by atoms with E-state index in [0.717, 1.165) is 12.0 Å². The van der Waals surface area contributed by atoms with Gasteiger partial charge in [0, 0.05) is 14.1 Å². The minimum absolute atomic E-state index is 0.0608. The molecule has 5 heteroatoms. The number of rotatable bonds is 2. The average Bonchev–Trinajstić information content (AvgIpc) is 2.90. The second-order valence-electron chi connectivity index (χ2n) is 7.14. The second kappa shape index (κ2) is 6.60. The maximum atomic E-state index is 12.7. The number of amides is 2. The molecule has 2 rings (SSSR count). The van der Waals surface area contributed by atoms with Gasteiger partial charge in [0.2, 0.25) is 5.91 Å². The first-order valence-corrected chi connectivity index (χ1v) is 7.98. The molecule has 1 aromatic rings. The predicted octanol–water partition coefficient (Wildman–Crippen LogP) is 3.22. The lowest BCUT2D eigenvalue weighted by Gasteiger charge is -2.33. The van der Waals surface area contributed by atoms with Crippen molar-refractivity contribution in [1.82, 2.24) is 9.80 Å². The van der Waals surface area contributed by atoms with Gasteiger partial charge in [0.1, 0.15) is 11.6 Å². The lowest BCUT2D eigenvalue weighted by atomic mass is 10.1. The number of nitrogens with zero attached hydrogens (tertiary/aromatic N) is 2. The van der Waals surface area contributed by atoms with Gasteiger partial charge in [-0.3, -0.25) is 9.69 Å². The normalized spacial score (nSPS) is 21.2. The summed E-state index contributed by atoms with van der Waals surface area (Å²) in [4.78, 5) is 28.3. The van der Waals surface area contributed by atoms with Gasteiger partial charge in [-0.25, -0.2) is 4.79 Å². The van der Waals surface area contributed by atoms with E-state index in [1.807, 2.05) is 51.1 Å². The molecule has 2 unspecified atom stereocenters. The molecule has 0 radical (unpaired) electrons. The first-order chi connectivity index (χ1) is 10.7. The highest BCUT2D eigenvalue weighted by molar-refractivity contribution is 5.86. The van der Waals surface area contributed by atoms with E-state index in [9.17, 15) is 9.59 Å². The van der Waals surface area contributed by atoms with Gasteiger partial charge in [-0.2, -0.15) is 0 Å². The molecule has 0 aromatic heterocycles. The molecule has 1 heterocycles. The number of carbonyl (C=O) groups excluding carboxylic acids is 2. The Bertz CT molecular complexity index is 563. The van der Waals surface area contributed by atoms with Crippen LogP contribution in [0, 0.1) is 0 Å². The van der Waals surface area contributed by atoms with Crippen molar-refractivity contribution in [3.05, 3.63) is 35.9 Å². The minimum Gasteiger partial charge on any atom is -0.444 e. The van der Waals surface area contributed by atoms with Crippen LogP contribution in [0.2, 0.25) is 0 Å². The molecule has 0 bridgehead atoms. The Labute approximate surface area is 138 Å². The monoisotopic (exact) mass is 318 g/mol. The zero-order chi connectivity index (χ0) is 17.2. The Morgan fingerprint density at radius 2 is 1.74 bits per heavy atom. The van der Waals surface area contributed by atoms with E-state index >= 15 is 0 Å². The average molecular weight is 318 g/mol. The topological polar surface area (TPSA) is 49.9 Å². The predicted molar refractivity (Wildman–Crippen MR) is 89.0 cm³/mol. The van der Waals surface area contributed by atoms with E-state index in [-0.39, 0.29) is 11.9 Å². The highest BCUT2D eigenvalue weighted by Gasteiger charge is 2.43. The van der Waals surface area contributed by atoms with Crippen molar-refractivity contribution in [2.24, 2.45) is 0 Å². The van der Waals surface area contributed by atoms with Crippen molar-refractivity contribution >= 4 is 12.0 Å². The van der Waals surface area contributed by atoms with Gasteiger partial charge in [-0.05, 0) is 39.2 Å². The molecule has 5 nitrogen and oxygen atoms in total. The third-order valence-corrected chi connectivity index (χ3v) is 3.90. The molecule has 1 aliphatic rings. The fourth-order valence-electron chi connectivity index (χ4n) is 2.92. The number of ether oxygens (including phenoxy) is 1. The Morgan fingerprint density at radius 1 is 1.13 bits per heavy atom. The summed E-state index contributed by atoms with van der Waals surface area (Å²) in [6, 6.07) is 9.23. The molecule has 0 spiro atoms. The summed E-state index contributed by atoms with van der Waals surface area (Å²) in [5, 5.41) is 0. The zero-order valence-electron chi connectivity index (χ0n) is 14.6. The zero-order valence-corrected chi connectivity index (χ0v) is 14.6. The summed E-state index contributed by atoms with van der Waals surface area (Å²) >= 11 is 0. The first kappa shape index (κ1) is 17.3. The lowest BCUT2D eigenvalue weighted by molar-refractivity contribution is -0.133. The minimum atomic E-state index is -0.591. The molecule has 0 N–H and O–H groups in total. The van der Waals surface area contributed by atoms with Crippen molar-refractivity contribution in [2.45, 2.75) is 51.3 Å². The number of likely N-dealkylation sites (tertiary alicyclic amines) is 1. The molecule has 23 heavy (non-hydrogen) atoms. The molecule has 0 aliphatic carbocycles. The Morgan fingerprint density at radius 3 is 2.26 bits per heavy atom. The lowest BCUT2D eigenvalue weighted by Crippen LogP contribution is -2.48. The Hall–Kier alpha value is -2.04. The van der Waals surface area contributed by atoms with Crippen LogP contribution in [0.4, 0.5) is 4.79 Å². The molecule has 1 aliphatic heterocycles. The summed E-state index contributed by atoms with van der Waals surface area (Å²) in [6.45, 7) is 5.50. The highest BCUT2D eigenvalue weighted by atomic mass is 16.6. The third kappa shape index (κ3) is 4.03. The third-order valence-electron chi connectivity index (χ3n) is 3.90. The van der Waals surface area contributed by atoms with Crippen molar-refractivity contribution in [1.29, 1.82) is 0 Å². The van der Waals surface area contributed by atoms with Gasteiger partial charge in [-0.1, -0.05) is 30.3 Å². The van der Waals surface area contributed by atoms with E-state index in [2.05, 4.69) is 0 Å². The van der Waals surface area contributed by atoms with Crippen molar-refractivity contribution < 1.29 is 14.3 Å². The summed E-state index contributed by atoms with van der Waals surface area (Å²) in [5.41, 5.74) is 0.444. The fourth-order valence-corrected chi connectivity index (χ4v) is 2.92. The van der Waals surface area contributed by atoms with Crippen molar-refractivity contribution in [3.63, 3.8) is 0 Å². The summed E-state index contributed by atoms with van der Waals surface area (Å²) in [6.07, 6.45) is 0.979. The second-order valence-corrected chi connectivity index (χ2v) is 7.14. The number of carbonyl (C=O) groups is 2. The maximum absolute atomic E-state index is 12.7. The van der Waals surface area contributed by atoms with Gasteiger partial charge in [-0.15, -0.1) is 0 Å². The fraction of sp³-hybridized carbons (Fsp3) is 0.556. The van der Waals surface area contributed by atoms with Crippen LogP contribution in [0.3, 0.4) is 0 Å². The number of likely N-dealkylation sites (N-methyl/N-ethyl adjacent to an activating group) is 1. The molecule has 1 fully saturated rings. The SMILES string of the molecule is CN(C)C(=O)C1CCC(c2ccccc2)N1C(=O)OC(C)(C)C. The molecule has 0 saturated carbocycles. The molecule has 2 amide bonds. The molecule has 1 saturated heterocycles. The van der Waals surface area contributed by atoms with E-state index in [1.165, 1.54) is 4.90 Å². The first-order valence-electron chi connectivity index (χ1n) is 7.98. The van der Waals surface area contributed by atoms with Gasteiger partial charge in [0.25, 0.3) is 0 Å². The molecular weight excluding hydrogens is 292 g/mol. The van der Waals surface area contributed by atoms with Crippen LogP contribution < -0.4 is 0 Å². The van der Waals surface area contributed by atoms with Crippen LogP contribution in [0.5, 0.6) is 0 Å². The number of hydrogen-bond acceptors (Lipinski definition) is 3. The van der Waals surface area contributed by atoms with Gasteiger partial charge < -0.3 is 9.64 Å². The van der Waals surface area contributed by atoms with Crippen molar-refractivity contribution in [3.8, 4) is 0 Å². The summed E-state index contributed by atoms with van der Waals surface area (Å²) in [5.74, 6) is -0.0608. The summed E-state index contributed by atoms with van der Waals surface area (Å²) < 4.78 is 5.55. The smallest absolute Gasteiger partial charge is 0.411 e. The van der Waals surface area contributed by atoms with Crippen LogP contribution in [-0.2, 0) is 9.53 Å². The molecule has 1 aromatic carbocycles. The van der Waals surface area contributed by atoms with E-state index in [4.69, 9.17) is 4.74 Å². The molecule has 2 atom stereocenters. The van der Waals surface area contributed by atoms with Gasteiger partial charge >= 0.3 is 6.09 Å². The highest BCUT2D eigenvalue weighted by Crippen LogP contribution is 2.37. The number of benzene rings is 1. The Kier molecular flexibility index (Phi) is 4.97.